The Morgan fingerprint density at radius 3 is 2.70 bits per heavy atom. The molecule has 2 aromatic heterocycles. The highest BCUT2D eigenvalue weighted by atomic mass is 16.2. The molecule has 1 amide bonds. The number of fused-ring (bicyclic) bond motifs is 1. The van der Waals surface area contributed by atoms with Crippen molar-refractivity contribution in [2.45, 2.75) is 33.1 Å². The number of carbonyl (C=O) groups excluding carboxylic acids is 1. The van der Waals surface area contributed by atoms with Crippen molar-refractivity contribution in [2.24, 2.45) is 0 Å². The third-order valence-electron chi connectivity index (χ3n) is 4.50. The minimum atomic E-state index is -0.0271. The second-order valence-electron chi connectivity index (χ2n) is 6.59. The number of para-hydroxylation sites is 1. The lowest BCUT2D eigenvalue weighted by Gasteiger charge is -2.21. The minimum Gasteiger partial charge on any atom is -0.361 e. The van der Waals surface area contributed by atoms with Gasteiger partial charge in [0.15, 0.2) is 0 Å². The van der Waals surface area contributed by atoms with E-state index in [2.05, 4.69) is 46.2 Å². The Morgan fingerprint density at radius 2 is 1.93 bits per heavy atom. The summed E-state index contributed by atoms with van der Waals surface area (Å²) in [6, 6.07) is 9.95. The lowest BCUT2D eigenvalue weighted by Crippen LogP contribution is -2.33. The topological polar surface area (TPSA) is 73.9 Å². The molecule has 0 aliphatic heterocycles. The summed E-state index contributed by atoms with van der Waals surface area (Å²) in [5, 5.41) is 4.47. The van der Waals surface area contributed by atoms with E-state index < -0.39 is 0 Å². The Hall–Kier alpha value is -2.89. The molecular weight excluding hydrogens is 338 g/mol. The molecule has 0 aliphatic carbocycles. The maximum Gasteiger partial charge on any atom is 0.272 e. The van der Waals surface area contributed by atoms with Crippen molar-refractivity contribution in [3.05, 3.63) is 54.0 Å². The highest BCUT2D eigenvalue weighted by Crippen LogP contribution is 2.18. The molecule has 0 spiro atoms. The molecule has 6 heteroatoms. The van der Waals surface area contributed by atoms with Gasteiger partial charge in [-0.1, -0.05) is 32.0 Å². The van der Waals surface area contributed by atoms with Crippen LogP contribution in [0.1, 0.15) is 42.7 Å². The lowest BCUT2D eigenvalue weighted by atomic mass is 10.1. The zero-order chi connectivity index (χ0) is 19.1. The molecule has 3 aromatic rings. The molecule has 0 radical (unpaired) electrons. The van der Waals surface area contributed by atoms with Crippen LogP contribution in [0.25, 0.3) is 10.9 Å². The number of H-pyrrole nitrogens is 1. The molecule has 0 aliphatic rings. The molecular formula is C21H27N5O. The van der Waals surface area contributed by atoms with Gasteiger partial charge >= 0.3 is 0 Å². The lowest BCUT2D eigenvalue weighted by molar-refractivity contribution is 0.0749. The number of anilines is 1. The predicted molar refractivity (Wildman–Crippen MR) is 109 cm³/mol. The van der Waals surface area contributed by atoms with Crippen LogP contribution in [0.3, 0.4) is 0 Å². The zero-order valence-electron chi connectivity index (χ0n) is 16.0. The molecule has 6 nitrogen and oxygen atoms in total. The molecule has 0 unspecified atom stereocenters. The summed E-state index contributed by atoms with van der Waals surface area (Å²) < 4.78 is 0. The maximum absolute atomic E-state index is 12.7. The largest absolute Gasteiger partial charge is 0.361 e. The molecule has 2 N–H and O–H groups in total. The van der Waals surface area contributed by atoms with Gasteiger partial charge in [-0.05, 0) is 37.0 Å². The van der Waals surface area contributed by atoms with E-state index in [1.165, 1.54) is 10.9 Å². The first-order valence-electron chi connectivity index (χ1n) is 9.64. The molecule has 142 valence electrons. The number of aromatic nitrogens is 3. The van der Waals surface area contributed by atoms with Crippen molar-refractivity contribution in [2.75, 3.05) is 25.0 Å². The van der Waals surface area contributed by atoms with E-state index in [1.807, 2.05) is 23.2 Å². The Morgan fingerprint density at radius 1 is 1.15 bits per heavy atom. The molecule has 0 fully saturated rings. The van der Waals surface area contributed by atoms with Gasteiger partial charge in [0.2, 0.25) is 5.95 Å². The Bertz CT molecular complexity index is 883. The molecule has 27 heavy (non-hydrogen) atoms. The number of hydrogen-bond donors (Lipinski definition) is 2. The first-order valence-corrected chi connectivity index (χ1v) is 9.64. The van der Waals surface area contributed by atoms with Gasteiger partial charge < -0.3 is 15.2 Å². The van der Waals surface area contributed by atoms with Crippen LogP contribution in [0.2, 0.25) is 0 Å². The van der Waals surface area contributed by atoms with Crippen molar-refractivity contribution in [3.63, 3.8) is 0 Å². The van der Waals surface area contributed by atoms with Gasteiger partial charge in [0.05, 0.1) is 0 Å². The average Bonchev–Trinajstić information content (AvgIpc) is 3.11. The normalized spacial score (nSPS) is 10.9. The Labute approximate surface area is 160 Å². The number of aromatic amines is 1. The molecule has 0 bridgehead atoms. The average molecular weight is 365 g/mol. The Kier molecular flexibility index (Phi) is 6.41. The molecule has 0 saturated carbocycles. The van der Waals surface area contributed by atoms with E-state index in [-0.39, 0.29) is 5.91 Å². The quantitative estimate of drug-likeness (QED) is 0.604. The van der Waals surface area contributed by atoms with Crippen molar-refractivity contribution < 1.29 is 4.79 Å². The smallest absolute Gasteiger partial charge is 0.272 e. The number of amides is 1. The van der Waals surface area contributed by atoms with Crippen LogP contribution in [-0.2, 0) is 6.42 Å². The van der Waals surface area contributed by atoms with Crippen molar-refractivity contribution in [1.29, 1.82) is 0 Å². The number of carbonyl (C=O) groups is 1. The number of benzene rings is 1. The third kappa shape index (κ3) is 4.64. The summed E-state index contributed by atoms with van der Waals surface area (Å²) >= 11 is 0. The van der Waals surface area contributed by atoms with Gasteiger partial charge in [-0.15, -0.1) is 0 Å². The fourth-order valence-electron chi connectivity index (χ4n) is 3.23. The summed E-state index contributed by atoms with van der Waals surface area (Å²) in [6.45, 7) is 6.36. The van der Waals surface area contributed by atoms with Gasteiger partial charge in [0, 0.05) is 42.9 Å². The predicted octanol–water partition coefficient (Wildman–Crippen LogP) is 3.87. The van der Waals surface area contributed by atoms with Crippen LogP contribution in [0, 0.1) is 0 Å². The molecule has 2 heterocycles. The molecule has 1 aromatic carbocycles. The van der Waals surface area contributed by atoms with Crippen molar-refractivity contribution >= 4 is 22.8 Å². The van der Waals surface area contributed by atoms with Crippen LogP contribution < -0.4 is 5.32 Å². The third-order valence-corrected chi connectivity index (χ3v) is 4.50. The Balaban J connectivity index is 1.62. The van der Waals surface area contributed by atoms with Crippen LogP contribution >= 0.6 is 0 Å². The van der Waals surface area contributed by atoms with Gasteiger partial charge in [0.1, 0.15) is 5.69 Å². The molecule has 0 atom stereocenters. The highest BCUT2D eigenvalue weighted by molar-refractivity contribution is 5.92. The van der Waals surface area contributed by atoms with E-state index in [0.717, 1.165) is 37.9 Å². The highest BCUT2D eigenvalue weighted by Gasteiger charge is 2.16. The summed E-state index contributed by atoms with van der Waals surface area (Å²) in [4.78, 5) is 26.5. The first-order chi connectivity index (χ1) is 13.2. The second-order valence-corrected chi connectivity index (χ2v) is 6.59. The van der Waals surface area contributed by atoms with E-state index in [9.17, 15) is 4.79 Å². The van der Waals surface area contributed by atoms with Gasteiger partial charge in [-0.3, -0.25) is 4.79 Å². The number of hydrogen-bond acceptors (Lipinski definition) is 4. The zero-order valence-corrected chi connectivity index (χ0v) is 16.0. The summed E-state index contributed by atoms with van der Waals surface area (Å²) in [5.74, 6) is 0.467. The van der Waals surface area contributed by atoms with Crippen molar-refractivity contribution in [3.8, 4) is 0 Å². The van der Waals surface area contributed by atoms with Crippen molar-refractivity contribution in [1.82, 2.24) is 19.9 Å². The minimum absolute atomic E-state index is 0.0271. The van der Waals surface area contributed by atoms with E-state index in [4.69, 9.17) is 0 Å². The molecule has 3 rings (SSSR count). The van der Waals surface area contributed by atoms with Crippen LogP contribution in [0.15, 0.2) is 42.7 Å². The van der Waals surface area contributed by atoms with Crippen LogP contribution in [0.5, 0.6) is 0 Å². The van der Waals surface area contributed by atoms with E-state index >= 15 is 0 Å². The standard InChI is InChI=1S/C21H27N5O/c1-3-13-26(14-4-2)20(27)19-10-12-23-21(25-19)22-11-9-16-15-24-18-8-6-5-7-17(16)18/h5-8,10,12,15,24H,3-4,9,11,13-14H2,1-2H3,(H,22,23,25). The van der Waals surface area contributed by atoms with E-state index in [1.54, 1.807) is 12.3 Å². The first kappa shape index (κ1) is 18.9. The van der Waals surface area contributed by atoms with Gasteiger partial charge in [-0.2, -0.15) is 0 Å². The van der Waals surface area contributed by atoms with Crippen LogP contribution in [0.4, 0.5) is 5.95 Å². The summed E-state index contributed by atoms with van der Waals surface area (Å²) in [5.41, 5.74) is 2.84. The van der Waals surface area contributed by atoms with Crippen LogP contribution in [-0.4, -0.2) is 45.4 Å². The maximum atomic E-state index is 12.7. The monoisotopic (exact) mass is 365 g/mol. The summed E-state index contributed by atoms with van der Waals surface area (Å²) in [7, 11) is 0. The number of rotatable bonds is 9. The number of nitrogens with zero attached hydrogens (tertiary/aromatic N) is 3. The van der Waals surface area contributed by atoms with Gasteiger partial charge in [0.25, 0.3) is 5.91 Å². The summed E-state index contributed by atoms with van der Waals surface area (Å²) in [6.07, 6.45) is 6.41. The SMILES string of the molecule is CCCN(CCC)C(=O)c1ccnc(NCCc2c[nH]c3ccccc23)n1. The van der Waals surface area contributed by atoms with E-state index in [0.29, 0.717) is 18.2 Å². The fraction of sp³-hybridized carbons (Fsp3) is 0.381. The second kappa shape index (κ2) is 9.16. The number of nitrogens with one attached hydrogen (secondary N) is 2. The fourth-order valence-corrected chi connectivity index (χ4v) is 3.23. The molecule has 0 saturated heterocycles. The van der Waals surface area contributed by atoms with Gasteiger partial charge in [-0.25, -0.2) is 9.97 Å².